The highest BCUT2D eigenvalue weighted by molar-refractivity contribution is 7.98. The van der Waals surface area contributed by atoms with Crippen LogP contribution in [0.3, 0.4) is 0 Å². The number of nitrogens with two attached hydrogens (primary N) is 1. The average Bonchev–Trinajstić information content (AvgIpc) is 2.67. The number of rotatable bonds is 6. The maximum atomic E-state index is 5.89. The summed E-state index contributed by atoms with van der Waals surface area (Å²) >= 11 is 3.78. The molecule has 16 heavy (non-hydrogen) atoms. The summed E-state index contributed by atoms with van der Waals surface area (Å²) in [5, 5.41) is 3.50. The molecule has 0 spiro atoms. The van der Waals surface area contributed by atoms with Crippen LogP contribution in [0, 0.1) is 0 Å². The molecule has 1 aliphatic rings. The summed E-state index contributed by atoms with van der Waals surface area (Å²) < 4.78 is 0. The van der Waals surface area contributed by atoms with E-state index in [9.17, 15) is 0 Å². The first-order chi connectivity index (χ1) is 7.80. The normalized spacial score (nSPS) is 18.4. The standard InChI is InChI=1S/C12H20N2S2/c1-2-6-15-8-11-14-10(7-16-11)12(9-13)4-3-5-12/h7H,2-6,8-9,13H2,1H3. The Morgan fingerprint density at radius 2 is 2.38 bits per heavy atom. The van der Waals surface area contributed by atoms with Gasteiger partial charge in [0.1, 0.15) is 5.01 Å². The van der Waals surface area contributed by atoms with Gasteiger partial charge in [-0.3, -0.25) is 0 Å². The van der Waals surface area contributed by atoms with Gasteiger partial charge in [0.2, 0.25) is 0 Å². The van der Waals surface area contributed by atoms with Crippen molar-refractivity contribution in [1.82, 2.24) is 4.98 Å². The van der Waals surface area contributed by atoms with E-state index in [0.717, 1.165) is 12.3 Å². The summed E-state index contributed by atoms with van der Waals surface area (Å²) in [5.74, 6) is 2.30. The van der Waals surface area contributed by atoms with Crippen molar-refractivity contribution in [1.29, 1.82) is 0 Å². The fourth-order valence-corrected chi connectivity index (χ4v) is 3.99. The van der Waals surface area contributed by atoms with Gasteiger partial charge in [-0.2, -0.15) is 11.8 Å². The van der Waals surface area contributed by atoms with Crippen LogP contribution in [0.2, 0.25) is 0 Å². The third-order valence-corrected chi connectivity index (χ3v) is 5.58. The summed E-state index contributed by atoms with van der Waals surface area (Å²) in [5.41, 5.74) is 7.39. The first-order valence-electron chi connectivity index (χ1n) is 6.03. The highest BCUT2D eigenvalue weighted by Gasteiger charge is 2.39. The number of hydrogen-bond donors (Lipinski definition) is 1. The van der Waals surface area contributed by atoms with Crippen molar-refractivity contribution in [2.75, 3.05) is 12.3 Å². The molecule has 4 heteroatoms. The SMILES string of the molecule is CCCSCc1nc(C2(CN)CCC2)cs1. The maximum absolute atomic E-state index is 5.89. The number of thiazole rings is 1. The third kappa shape index (κ3) is 2.44. The molecule has 0 radical (unpaired) electrons. The fourth-order valence-electron chi connectivity index (χ4n) is 2.09. The van der Waals surface area contributed by atoms with E-state index in [1.165, 1.54) is 42.1 Å². The highest BCUT2D eigenvalue weighted by atomic mass is 32.2. The smallest absolute Gasteiger partial charge is 0.103 e. The number of nitrogens with zero attached hydrogens (tertiary/aromatic N) is 1. The summed E-state index contributed by atoms with van der Waals surface area (Å²) in [7, 11) is 0. The van der Waals surface area contributed by atoms with E-state index in [1.54, 1.807) is 11.3 Å². The molecule has 0 amide bonds. The van der Waals surface area contributed by atoms with Gasteiger partial charge >= 0.3 is 0 Å². The molecule has 1 fully saturated rings. The molecule has 1 aromatic rings. The van der Waals surface area contributed by atoms with Gasteiger partial charge in [0.25, 0.3) is 0 Å². The lowest BCUT2D eigenvalue weighted by Crippen LogP contribution is -2.41. The predicted molar refractivity (Wildman–Crippen MR) is 73.2 cm³/mol. The van der Waals surface area contributed by atoms with Gasteiger partial charge in [0, 0.05) is 23.1 Å². The zero-order chi connectivity index (χ0) is 11.4. The molecule has 1 heterocycles. The molecule has 1 saturated carbocycles. The lowest BCUT2D eigenvalue weighted by Gasteiger charge is -2.39. The minimum Gasteiger partial charge on any atom is -0.330 e. The van der Waals surface area contributed by atoms with Gasteiger partial charge in [-0.1, -0.05) is 13.3 Å². The highest BCUT2D eigenvalue weighted by Crippen LogP contribution is 2.43. The van der Waals surface area contributed by atoms with Crippen LogP contribution in [0.15, 0.2) is 5.38 Å². The van der Waals surface area contributed by atoms with Crippen LogP contribution >= 0.6 is 23.1 Å². The van der Waals surface area contributed by atoms with Crippen molar-refractivity contribution >= 4 is 23.1 Å². The largest absolute Gasteiger partial charge is 0.330 e. The van der Waals surface area contributed by atoms with Gasteiger partial charge in [0.05, 0.1) is 5.69 Å². The quantitative estimate of drug-likeness (QED) is 0.795. The Morgan fingerprint density at radius 3 is 2.94 bits per heavy atom. The molecule has 2 nitrogen and oxygen atoms in total. The third-order valence-electron chi connectivity index (χ3n) is 3.37. The van der Waals surface area contributed by atoms with Gasteiger partial charge < -0.3 is 5.73 Å². The van der Waals surface area contributed by atoms with Gasteiger partial charge in [-0.05, 0) is 25.0 Å². The zero-order valence-corrected chi connectivity index (χ0v) is 11.5. The Hall–Kier alpha value is -0.0600. The molecule has 2 rings (SSSR count). The van der Waals surface area contributed by atoms with Gasteiger partial charge in [-0.25, -0.2) is 4.98 Å². The van der Waals surface area contributed by atoms with Gasteiger partial charge in [-0.15, -0.1) is 11.3 Å². The predicted octanol–water partition coefficient (Wildman–Crippen LogP) is 3.17. The van der Waals surface area contributed by atoms with E-state index in [4.69, 9.17) is 10.7 Å². The van der Waals surface area contributed by atoms with Crippen molar-refractivity contribution in [2.45, 2.75) is 43.8 Å². The van der Waals surface area contributed by atoms with E-state index < -0.39 is 0 Å². The summed E-state index contributed by atoms with van der Waals surface area (Å²) in [6.45, 7) is 2.98. The van der Waals surface area contributed by atoms with Crippen LogP contribution in [0.1, 0.15) is 43.3 Å². The van der Waals surface area contributed by atoms with Crippen molar-refractivity contribution < 1.29 is 0 Å². The van der Waals surface area contributed by atoms with E-state index in [0.29, 0.717) is 0 Å². The van der Waals surface area contributed by atoms with E-state index >= 15 is 0 Å². The molecule has 0 unspecified atom stereocenters. The topological polar surface area (TPSA) is 38.9 Å². The number of hydrogen-bond acceptors (Lipinski definition) is 4. The second-order valence-corrected chi connectivity index (χ2v) is 6.56. The fraction of sp³-hybridized carbons (Fsp3) is 0.750. The molecule has 0 aromatic carbocycles. The molecule has 0 aliphatic heterocycles. The molecule has 0 atom stereocenters. The van der Waals surface area contributed by atoms with Crippen LogP contribution in [0.5, 0.6) is 0 Å². The Kier molecular flexibility index (Phi) is 4.27. The van der Waals surface area contributed by atoms with E-state index in [-0.39, 0.29) is 5.41 Å². The number of thioether (sulfide) groups is 1. The first-order valence-corrected chi connectivity index (χ1v) is 8.07. The molecular weight excluding hydrogens is 236 g/mol. The Morgan fingerprint density at radius 1 is 1.56 bits per heavy atom. The second kappa shape index (κ2) is 5.52. The van der Waals surface area contributed by atoms with Crippen molar-refractivity contribution in [3.05, 3.63) is 16.1 Å². The van der Waals surface area contributed by atoms with Crippen LogP contribution in [-0.4, -0.2) is 17.3 Å². The molecule has 0 bridgehead atoms. The minimum atomic E-state index is 0.240. The van der Waals surface area contributed by atoms with Crippen LogP contribution < -0.4 is 5.73 Å². The molecule has 1 aromatic heterocycles. The Bertz CT molecular complexity index is 326. The van der Waals surface area contributed by atoms with Crippen molar-refractivity contribution in [2.24, 2.45) is 5.73 Å². The van der Waals surface area contributed by atoms with E-state index in [1.807, 2.05) is 11.8 Å². The summed E-state index contributed by atoms with van der Waals surface area (Å²) in [6.07, 6.45) is 5.02. The number of aromatic nitrogens is 1. The van der Waals surface area contributed by atoms with Crippen LogP contribution in [-0.2, 0) is 11.2 Å². The average molecular weight is 256 g/mol. The van der Waals surface area contributed by atoms with Gasteiger partial charge in [0.15, 0.2) is 0 Å². The second-order valence-electron chi connectivity index (χ2n) is 4.52. The van der Waals surface area contributed by atoms with Crippen molar-refractivity contribution in [3.63, 3.8) is 0 Å². The monoisotopic (exact) mass is 256 g/mol. The molecular formula is C12H20N2S2. The summed E-state index contributed by atoms with van der Waals surface area (Å²) in [4.78, 5) is 4.76. The Labute approximate surface area is 106 Å². The zero-order valence-electron chi connectivity index (χ0n) is 9.87. The molecule has 0 saturated heterocycles. The van der Waals surface area contributed by atoms with Crippen LogP contribution in [0.25, 0.3) is 0 Å². The lowest BCUT2D eigenvalue weighted by molar-refractivity contribution is 0.247. The summed E-state index contributed by atoms with van der Waals surface area (Å²) in [6, 6.07) is 0. The maximum Gasteiger partial charge on any atom is 0.103 e. The minimum absolute atomic E-state index is 0.240. The molecule has 1 aliphatic carbocycles. The molecule has 90 valence electrons. The van der Waals surface area contributed by atoms with Crippen LogP contribution in [0.4, 0.5) is 0 Å². The Balaban J connectivity index is 1.96. The van der Waals surface area contributed by atoms with E-state index in [2.05, 4.69) is 12.3 Å². The molecule has 2 N–H and O–H groups in total. The lowest BCUT2D eigenvalue weighted by atomic mass is 9.67. The van der Waals surface area contributed by atoms with Crippen molar-refractivity contribution in [3.8, 4) is 0 Å². The first kappa shape index (κ1) is 12.4.